The second-order valence-electron chi connectivity index (χ2n) is 4.11. The first-order chi connectivity index (χ1) is 7.69. The number of rotatable bonds is 6. The van der Waals surface area contributed by atoms with Crippen LogP contribution in [0.15, 0.2) is 17.2 Å². The molecule has 90 valence electrons. The summed E-state index contributed by atoms with van der Waals surface area (Å²) in [5.41, 5.74) is -0.0210. The molecule has 16 heavy (non-hydrogen) atoms. The molecule has 0 aliphatic carbocycles. The lowest BCUT2D eigenvalue weighted by Crippen LogP contribution is -2.27. The molecule has 1 atom stereocenters. The number of nitrogens with zero attached hydrogens (tertiary/aromatic N) is 2. The average Bonchev–Trinajstić information content (AvgIpc) is 2.24. The highest BCUT2D eigenvalue weighted by molar-refractivity contribution is 5.31. The third kappa shape index (κ3) is 3.36. The zero-order valence-corrected chi connectivity index (χ0v) is 10.4. The number of aryl methyl sites for hydroxylation is 1. The van der Waals surface area contributed by atoms with Crippen molar-refractivity contribution in [2.24, 2.45) is 0 Å². The Bertz CT molecular complexity index is 373. The minimum absolute atomic E-state index is 0.0210. The summed E-state index contributed by atoms with van der Waals surface area (Å²) in [6.45, 7) is 7.01. The van der Waals surface area contributed by atoms with Crippen LogP contribution in [0.2, 0.25) is 0 Å². The highest BCUT2D eigenvalue weighted by Crippen LogP contribution is 2.02. The summed E-state index contributed by atoms with van der Waals surface area (Å²) in [6, 6.07) is 0.294. The van der Waals surface area contributed by atoms with Gasteiger partial charge in [0.25, 0.3) is 5.56 Å². The van der Waals surface area contributed by atoms with Crippen LogP contribution in [0.4, 0.5) is 5.82 Å². The van der Waals surface area contributed by atoms with Crippen molar-refractivity contribution in [1.29, 1.82) is 0 Å². The molecule has 1 aromatic rings. The molecular weight excluding hydrogens is 202 g/mol. The van der Waals surface area contributed by atoms with E-state index in [2.05, 4.69) is 31.1 Å². The summed E-state index contributed by atoms with van der Waals surface area (Å²) in [7, 11) is 0. The van der Waals surface area contributed by atoms with Crippen LogP contribution in [0.25, 0.3) is 0 Å². The molecule has 1 aromatic heterocycles. The second-order valence-corrected chi connectivity index (χ2v) is 4.11. The molecular formula is C12H21N3O. The third-order valence-electron chi connectivity index (χ3n) is 2.48. The van der Waals surface area contributed by atoms with Crippen molar-refractivity contribution in [1.82, 2.24) is 9.55 Å². The quantitative estimate of drug-likeness (QED) is 0.804. The molecule has 0 aliphatic rings. The Hall–Kier alpha value is -1.32. The van der Waals surface area contributed by atoms with Gasteiger partial charge >= 0.3 is 0 Å². The maximum absolute atomic E-state index is 11.9. The monoisotopic (exact) mass is 223 g/mol. The number of hydrogen-bond acceptors (Lipinski definition) is 3. The van der Waals surface area contributed by atoms with E-state index in [1.165, 1.54) is 0 Å². The fraction of sp³-hybridized carbons (Fsp3) is 0.667. The topological polar surface area (TPSA) is 46.9 Å². The standard InChI is InChI=1S/C12H21N3O/c1-4-6-10(3)14-11-12(16)15(8-5-2)9-7-13-11/h7,9-10H,4-6,8H2,1-3H3,(H,13,14). The molecule has 0 aromatic carbocycles. The van der Waals surface area contributed by atoms with Crippen molar-refractivity contribution < 1.29 is 0 Å². The van der Waals surface area contributed by atoms with Crippen LogP contribution in [0.3, 0.4) is 0 Å². The van der Waals surface area contributed by atoms with Gasteiger partial charge < -0.3 is 9.88 Å². The Kier molecular flexibility index (Phi) is 5.02. The molecule has 0 radical (unpaired) electrons. The molecule has 1 N–H and O–H groups in total. The Balaban J connectivity index is 2.80. The van der Waals surface area contributed by atoms with Crippen LogP contribution < -0.4 is 10.9 Å². The Morgan fingerprint density at radius 2 is 2.19 bits per heavy atom. The SMILES string of the molecule is CCCC(C)Nc1nccn(CCC)c1=O. The highest BCUT2D eigenvalue weighted by Gasteiger charge is 2.07. The van der Waals surface area contributed by atoms with Gasteiger partial charge in [-0.3, -0.25) is 4.79 Å². The molecule has 1 heterocycles. The molecule has 0 saturated heterocycles. The van der Waals surface area contributed by atoms with Crippen LogP contribution in [0.1, 0.15) is 40.0 Å². The molecule has 4 heteroatoms. The number of nitrogens with one attached hydrogen (secondary N) is 1. The van der Waals surface area contributed by atoms with Gasteiger partial charge in [0.15, 0.2) is 5.82 Å². The van der Waals surface area contributed by atoms with Crippen LogP contribution in [-0.4, -0.2) is 15.6 Å². The molecule has 1 unspecified atom stereocenters. The van der Waals surface area contributed by atoms with Crippen molar-refractivity contribution in [2.75, 3.05) is 5.32 Å². The van der Waals surface area contributed by atoms with E-state index in [4.69, 9.17) is 0 Å². The first kappa shape index (κ1) is 12.7. The smallest absolute Gasteiger partial charge is 0.293 e. The van der Waals surface area contributed by atoms with Crippen molar-refractivity contribution in [3.05, 3.63) is 22.7 Å². The van der Waals surface area contributed by atoms with Gasteiger partial charge in [-0.25, -0.2) is 4.98 Å². The van der Waals surface area contributed by atoms with Crippen molar-refractivity contribution >= 4 is 5.82 Å². The maximum Gasteiger partial charge on any atom is 0.293 e. The van der Waals surface area contributed by atoms with Gasteiger partial charge in [-0.1, -0.05) is 20.3 Å². The summed E-state index contributed by atoms with van der Waals surface area (Å²) >= 11 is 0. The van der Waals surface area contributed by atoms with Gasteiger partial charge in [-0.05, 0) is 19.8 Å². The van der Waals surface area contributed by atoms with E-state index >= 15 is 0 Å². The zero-order valence-electron chi connectivity index (χ0n) is 10.4. The van der Waals surface area contributed by atoms with Gasteiger partial charge in [-0.2, -0.15) is 0 Å². The zero-order chi connectivity index (χ0) is 12.0. The molecule has 0 saturated carbocycles. The summed E-state index contributed by atoms with van der Waals surface area (Å²) in [5, 5.41) is 3.17. The Morgan fingerprint density at radius 3 is 2.81 bits per heavy atom. The molecule has 0 amide bonds. The highest BCUT2D eigenvalue weighted by atomic mass is 16.1. The summed E-state index contributed by atoms with van der Waals surface area (Å²) in [6.07, 6.45) is 6.52. The van der Waals surface area contributed by atoms with Gasteiger partial charge in [0.1, 0.15) is 0 Å². The van der Waals surface area contributed by atoms with Crippen molar-refractivity contribution in [3.8, 4) is 0 Å². The molecule has 0 aliphatic heterocycles. The number of anilines is 1. The lowest BCUT2D eigenvalue weighted by Gasteiger charge is -2.13. The maximum atomic E-state index is 11.9. The van der Waals surface area contributed by atoms with E-state index in [0.717, 1.165) is 25.8 Å². The first-order valence-electron chi connectivity index (χ1n) is 6.01. The van der Waals surface area contributed by atoms with E-state index in [-0.39, 0.29) is 5.56 Å². The van der Waals surface area contributed by atoms with Crippen LogP contribution >= 0.6 is 0 Å². The van der Waals surface area contributed by atoms with Crippen LogP contribution in [0.5, 0.6) is 0 Å². The second kappa shape index (κ2) is 6.30. The van der Waals surface area contributed by atoms with Crippen LogP contribution in [0, 0.1) is 0 Å². The van der Waals surface area contributed by atoms with Gasteiger partial charge in [-0.15, -0.1) is 0 Å². The van der Waals surface area contributed by atoms with Crippen molar-refractivity contribution in [3.63, 3.8) is 0 Å². The summed E-state index contributed by atoms with van der Waals surface area (Å²) in [4.78, 5) is 16.0. The summed E-state index contributed by atoms with van der Waals surface area (Å²) in [5.74, 6) is 0.469. The van der Waals surface area contributed by atoms with Gasteiger partial charge in [0, 0.05) is 25.0 Å². The Morgan fingerprint density at radius 1 is 1.44 bits per heavy atom. The van der Waals surface area contributed by atoms with E-state index in [1.807, 2.05) is 0 Å². The fourth-order valence-corrected chi connectivity index (χ4v) is 1.70. The van der Waals surface area contributed by atoms with E-state index in [9.17, 15) is 4.79 Å². The predicted molar refractivity (Wildman–Crippen MR) is 66.8 cm³/mol. The Labute approximate surface area is 96.7 Å². The minimum atomic E-state index is -0.0210. The molecule has 0 fully saturated rings. The van der Waals surface area contributed by atoms with Crippen LogP contribution in [-0.2, 0) is 6.54 Å². The lowest BCUT2D eigenvalue weighted by atomic mass is 10.2. The number of aromatic nitrogens is 2. The first-order valence-corrected chi connectivity index (χ1v) is 6.01. The minimum Gasteiger partial charge on any atom is -0.363 e. The molecule has 1 rings (SSSR count). The molecule has 0 spiro atoms. The largest absolute Gasteiger partial charge is 0.363 e. The lowest BCUT2D eigenvalue weighted by molar-refractivity contribution is 0.641. The van der Waals surface area contributed by atoms with Crippen molar-refractivity contribution in [2.45, 2.75) is 52.6 Å². The average molecular weight is 223 g/mol. The summed E-state index contributed by atoms with van der Waals surface area (Å²) < 4.78 is 1.70. The predicted octanol–water partition coefficient (Wildman–Crippen LogP) is 2.25. The van der Waals surface area contributed by atoms with Gasteiger partial charge in [0.05, 0.1) is 0 Å². The fourth-order valence-electron chi connectivity index (χ4n) is 1.70. The number of hydrogen-bond donors (Lipinski definition) is 1. The molecule has 0 bridgehead atoms. The molecule has 4 nitrogen and oxygen atoms in total. The van der Waals surface area contributed by atoms with E-state index in [0.29, 0.717) is 11.9 Å². The normalized spacial score (nSPS) is 12.4. The van der Waals surface area contributed by atoms with E-state index < -0.39 is 0 Å². The van der Waals surface area contributed by atoms with E-state index in [1.54, 1.807) is 17.0 Å². The van der Waals surface area contributed by atoms with Gasteiger partial charge in [0.2, 0.25) is 0 Å². The third-order valence-corrected chi connectivity index (χ3v) is 2.48.